The molecule has 2 N–H and O–H groups in total. The van der Waals surface area contributed by atoms with Crippen LogP contribution >= 0.6 is 0 Å². The number of ether oxygens (including phenoxy) is 1. The molecule has 0 aromatic rings. The normalized spacial score (nSPS) is 33.0. The third-order valence-electron chi connectivity index (χ3n) is 3.79. The molecule has 1 fully saturated rings. The molecule has 1 heterocycles. The van der Waals surface area contributed by atoms with Gasteiger partial charge in [0.2, 0.25) is 0 Å². The van der Waals surface area contributed by atoms with Gasteiger partial charge >= 0.3 is 0 Å². The zero-order valence-corrected chi connectivity index (χ0v) is 11.1. The van der Waals surface area contributed by atoms with Crippen LogP contribution in [0.15, 0.2) is 0 Å². The van der Waals surface area contributed by atoms with Gasteiger partial charge in [0.1, 0.15) is 0 Å². The Labute approximate surface area is 99.6 Å². The lowest BCUT2D eigenvalue weighted by Gasteiger charge is -2.40. The van der Waals surface area contributed by atoms with Crippen LogP contribution in [0, 0.1) is 5.92 Å². The summed E-state index contributed by atoms with van der Waals surface area (Å²) in [6, 6.07) is 0.697. The molecule has 16 heavy (non-hydrogen) atoms. The van der Waals surface area contributed by atoms with Gasteiger partial charge in [-0.2, -0.15) is 0 Å². The van der Waals surface area contributed by atoms with Crippen molar-refractivity contribution in [3.8, 4) is 0 Å². The molecule has 1 aliphatic heterocycles. The van der Waals surface area contributed by atoms with Gasteiger partial charge in [-0.15, -0.1) is 0 Å². The summed E-state index contributed by atoms with van der Waals surface area (Å²) in [4.78, 5) is 0. The van der Waals surface area contributed by atoms with E-state index in [9.17, 15) is 5.11 Å². The Kier molecular flexibility index (Phi) is 5.22. The minimum atomic E-state index is 0.0207. The Morgan fingerprint density at radius 2 is 2.19 bits per heavy atom. The van der Waals surface area contributed by atoms with Gasteiger partial charge in [-0.1, -0.05) is 20.8 Å². The van der Waals surface area contributed by atoms with E-state index in [0.717, 1.165) is 25.9 Å². The van der Waals surface area contributed by atoms with Crippen molar-refractivity contribution in [1.29, 1.82) is 0 Å². The summed E-state index contributed by atoms with van der Waals surface area (Å²) >= 11 is 0. The van der Waals surface area contributed by atoms with Crippen molar-refractivity contribution in [2.75, 3.05) is 13.2 Å². The topological polar surface area (TPSA) is 41.5 Å². The number of aliphatic hydroxyl groups is 1. The summed E-state index contributed by atoms with van der Waals surface area (Å²) in [7, 11) is 0. The van der Waals surface area contributed by atoms with E-state index in [1.165, 1.54) is 0 Å². The molecule has 96 valence electrons. The maximum atomic E-state index is 9.32. The monoisotopic (exact) mass is 229 g/mol. The molecule has 0 saturated carbocycles. The maximum absolute atomic E-state index is 9.32. The van der Waals surface area contributed by atoms with Crippen molar-refractivity contribution in [3.05, 3.63) is 0 Å². The van der Waals surface area contributed by atoms with Gasteiger partial charge in [0, 0.05) is 18.7 Å². The average Bonchev–Trinajstić information content (AvgIpc) is 2.25. The highest BCUT2D eigenvalue weighted by Gasteiger charge is 2.32. The largest absolute Gasteiger partial charge is 0.395 e. The second-order valence-corrected chi connectivity index (χ2v) is 5.54. The fraction of sp³-hybridized carbons (Fsp3) is 1.00. The predicted octanol–water partition coefficient (Wildman–Crippen LogP) is 1.94. The quantitative estimate of drug-likeness (QED) is 0.757. The molecule has 0 aromatic heterocycles. The van der Waals surface area contributed by atoms with Crippen LogP contribution < -0.4 is 5.32 Å². The first-order valence-corrected chi connectivity index (χ1v) is 6.51. The lowest BCUT2D eigenvalue weighted by Crippen LogP contribution is -2.50. The van der Waals surface area contributed by atoms with Crippen LogP contribution in [0.1, 0.15) is 47.0 Å². The molecule has 1 saturated heterocycles. The number of aliphatic hydroxyl groups excluding tert-OH is 1. The Morgan fingerprint density at radius 3 is 2.69 bits per heavy atom. The Bertz CT molecular complexity index is 208. The predicted molar refractivity (Wildman–Crippen MR) is 66.5 cm³/mol. The summed E-state index contributed by atoms with van der Waals surface area (Å²) in [6.45, 7) is 9.70. The second-order valence-electron chi connectivity index (χ2n) is 5.54. The molecule has 0 aliphatic carbocycles. The first kappa shape index (κ1) is 13.9. The van der Waals surface area contributed by atoms with E-state index in [4.69, 9.17) is 4.74 Å². The minimum Gasteiger partial charge on any atom is -0.395 e. The van der Waals surface area contributed by atoms with Crippen molar-refractivity contribution < 1.29 is 9.84 Å². The van der Waals surface area contributed by atoms with Gasteiger partial charge in [0.15, 0.2) is 0 Å². The zero-order valence-electron chi connectivity index (χ0n) is 11.1. The third kappa shape index (κ3) is 3.72. The number of hydrogen-bond donors (Lipinski definition) is 2. The molecule has 1 rings (SSSR count). The van der Waals surface area contributed by atoms with Gasteiger partial charge in [-0.05, 0) is 32.1 Å². The van der Waals surface area contributed by atoms with Crippen molar-refractivity contribution in [2.45, 2.75) is 64.6 Å². The van der Waals surface area contributed by atoms with E-state index < -0.39 is 0 Å². The smallest absolute Gasteiger partial charge is 0.0666 e. The molecule has 3 heteroatoms. The minimum absolute atomic E-state index is 0.0207. The number of hydrogen-bond acceptors (Lipinski definition) is 3. The molecular formula is C13H27NO2. The van der Waals surface area contributed by atoms with Gasteiger partial charge in [-0.25, -0.2) is 0 Å². The number of nitrogens with one attached hydrogen (secondary N) is 1. The molecule has 0 amide bonds. The van der Waals surface area contributed by atoms with E-state index in [1.54, 1.807) is 0 Å². The van der Waals surface area contributed by atoms with E-state index in [-0.39, 0.29) is 18.2 Å². The Hall–Kier alpha value is -0.120. The fourth-order valence-electron chi connectivity index (χ4n) is 2.28. The summed E-state index contributed by atoms with van der Waals surface area (Å²) < 4.78 is 5.82. The highest BCUT2D eigenvalue weighted by atomic mass is 16.5. The van der Waals surface area contributed by atoms with Crippen molar-refractivity contribution in [1.82, 2.24) is 5.32 Å². The molecular weight excluding hydrogens is 202 g/mol. The van der Waals surface area contributed by atoms with Crippen LogP contribution in [0.4, 0.5) is 0 Å². The van der Waals surface area contributed by atoms with Crippen LogP contribution in [0.3, 0.4) is 0 Å². The highest BCUT2D eigenvalue weighted by Crippen LogP contribution is 2.28. The van der Waals surface area contributed by atoms with Crippen molar-refractivity contribution >= 4 is 0 Å². The van der Waals surface area contributed by atoms with Crippen LogP contribution in [0.5, 0.6) is 0 Å². The Balaban J connectivity index is 2.48. The summed E-state index contributed by atoms with van der Waals surface area (Å²) in [6.07, 6.45) is 3.15. The summed E-state index contributed by atoms with van der Waals surface area (Å²) in [5.41, 5.74) is 0.0207. The molecule has 3 unspecified atom stereocenters. The molecule has 0 radical (unpaired) electrons. The molecule has 3 nitrogen and oxygen atoms in total. The lowest BCUT2D eigenvalue weighted by atomic mass is 9.89. The SMILES string of the molecule is CCC1(C)CC(NC(CO)C(C)C)CCO1. The standard InChI is InChI=1S/C13H27NO2/c1-5-13(4)8-11(6-7-16-13)14-12(9-15)10(2)3/h10-12,14-15H,5-9H2,1-4H3. The molecule has 1 aliphatic rings. The summed E-state index contributed by atoms with van der Waals surface area (Å²) in [5, 5.41) is 12.9. The van der Waals surface area contributed by atoms with Crippen molar-refractivity contribution in [2.24, 2.45) is 5.92 Å². The lowest BCUT2D eigenvalue weighted by molar-refractivity contribution is -0.0803. The van der Waals surface area contributed by atoms with Gasteiger partial charge in [0.25, 0.3) is 0 Å². The van der Waals surface area contributed by atoms with E-state index in [1.807, 2.05) is 0 Å². The van der Waals surface area contributed by atoms with Gasteiger partial charge in [0.05, 0.1) is 12.2 Å². The third-order valence-corrected chi connectivity index (χ3v) is 3.79. The van der Waals surface area contributed by atoms with Crippen LogP contribution in [0.25, 0.3) is 0 Å². The fourth-order valence-corrected chi connectivity index (χ4v) is 2.28. The van der Waals surface area contributed by atoms with Crippen LogP contribution in [-0.2, 0) is 4.74 Å². The van der Waals surface area contributed by atoms with Crippen LogP contribution in [-0.4, -0.2) is 36.0 Å². The Morgan fingerprint density at radius 1 is 1.50 bits per heavy atom. The van der Waals surface area contributed by atoms with Crippen LogP contribution in [0.2, 0.25) is 0 Å². The van der Waals surface area contributed by atoms with E-state index in [2.05, 4.69) is 33.0 Å². The van der Waals surface area contributed by atoms with Gasteiger partial charge < -0.3 is 15.2 Å². The number of rotatable bonds is 5. The molecule has 3 atom stereocenters. The van der Waals surface area contributed by atoms with Gasteiger partial charge in [-0.3, -0.25) is 0 Å². The maximum Gasteiger partial charge on any atom is 0.0666 e. The van der Waals surface area contributed by atoms with E-state index in [0.29, 0.717) is 12.0 Å². The average molecular weight is 229 g/mol. The molecule has 0 aromatic carbocycles. The molecule has 0 spiro atoms. The summed E-state index contributed by atoms with van der Waals surface area (Å²) in [5.74, 6) is 0.473. The second kappa shape index (κ2) is 5.99. The highest BCUT2D eigenvalue weighted by molar-refractivity contribution is 4.87. The zero-order chi connectivity index (χ0) is 12.2. The first-order valence-electron chi connectivity index (χ1n) is 6.51. The first-order chi connectivity index (χ1) is 7.50. The van der Waals surface area contributed by atoms with E-state index >= 15 is 0 Å². The van der Waals surface area contributed by atoms with Crippen molar-refractivity contribution in [3.63, 3.8) is 0 Å². The molecule has 0 bridgehead atoms.